The second-order valence-corrected chi connectivity index (χ2v) is 6.22. The van der Waals surface area contributed by atoms with Crippen LogP contribution in [0.25, 0.3) is 0 Å². The van der Waals surface area contributed by atoms with Crippen molar-refractivity contribution in [3.63, 3.8) is 0 Å². The Morgan fingerprint density at radius 2 is 2.30 bits per heavy atom. The molecule has 2 aromatic rings. The lowest BCUT2D eigenvalue weighted by molar-refractivity contribution is 0.0521. The number of rotatable bonds is 4. The average Bonchev–Trinajstić information content (AvgIpc) is 2.96. The van der Waals surface area contributed by atoms with Gasteiger partial charge in [0.05, 0.1) is 13.1 Å². The summed E-state index contributed by atoms with van der Waals surface area (Å²) in [5.74, 6) is 0.587. The predicted octanol–water partition coefficient (Wildman–Crippen LogP) is 1.81. The Bertz CT molecular complexity index is 559. The Labute approximate surface area is 120 Å². The van der Waals surface area contributed by atoms with Crippen molar-refractivity contribution in [1.29, 1.82) is 0 Å². The Hall–Kier alpha value is -1.96. The molecule has 108 valence electrons. The Morgan fingerprint density at radius 1 is 1.50 bits per heavy atom. The number of hydrogen-bond donors (Lipinski definition) is 1. The summed E-state index contributed by atoms with van der Waals surface area (Å²) in [5.41, 5.74) is -0.521. The van der Waals surface area contributed by atoms with Gasteiger partial charge < -0.3 is 10.1 Å². The molecule has 0 atom stereocenters. The van der Waals surface area contributed by atoms with E-state index in [0.29, 0.717) is 12.4 Å². The number of tetrazole rings is 1. The number of carbonyl (C=O) groups excluding carboxylic acids is 1. The van der Waals surface area contributed by atoms with E-state index in [-0.39, 0.29) is 6.54 Å². The standard InChI is InChI=1S/C12H17N5O2S/c1-12(2,3)19-11(18)13-7-10-14-15-16-17(10)8-9-5-4-6-20-9/h4-6H,7-8H2,1-3H3,(H,13,18). The maximum absolute atomic E-state index is 11.6. The molecule has 0 spiro atoms. The summed E-state index contributed by atoms with van der Waals surface area (Å²) in [7, 11) is 0. The fraction of sp³-hybridized carbons (Fsp3) is 0.500. The van der Waals surface area contributed by atoms with Crippen molar-refractivity contribution >= 4 is 17.4 Å². The second-order valence-electron chi connectivity index (χ2n) is 5.19. The van der Waals surface area contributed by atoms with Crippen LogP contribution >= 0.6 is 11.3 Å². The van der Waals surface area contributed by atoms with Crippen LogP contribution in [0, 0.1) is 0 Å². The molecule has 2 aromatic heterocycles. The molecule has 2 rings (SSSR count). The van der Waals surface area contributed by atoms with Crippen molar-refractivity contribution in [2.45, 2.75) is 39.5 Å². The monoisotopic (exact) mass is 295 g/mol. The summed E-state index contributed by atoms with van der Waals surface area (Å²) < 4.78 is 6.81. The van der Waals surface area contributed by atoms with Gasteiger partial charge in [-0.1, -0.05) is 6.07 Å². The number of amides is 1. The number of nitrogens with zero attached hydrogens (tertiary/aromatic N) is 4. The molecular weight excluding hydrogens is 278 g/mol. The zero-order valence-corrected chi connectivity index (χ0v) is 12.5. The summed E-state index contributed by atoms with van der Waals surface area (Å²) in [6.07, 6.45) is -0.483. The van der Waals surface area contributed by atoms with E-state index in [9.17, 15) is 4.79 Å². The van der Waals surface area contributed by atoms with Crippen molar-refractivity contribution in [2.75, 3.05) is 0 Å². The smallest absolute Gasteiger partial charge is 0.408 e. The van der Waals surface area contributed by atoms with Gasteiger partial charge in [-0.2, -0.15) is 0 Å². The summed E-state index contributed by atoms with van der Waals surface area (Å²) in [6, 6.07) is 3.99. The highest BCUT2D eigenvalue weighted by molar-refractivity contribution is 7.09. The molecule has 2 heterocycles. The van der Waals surface area contributed by atoms with Crippen LogP contribution in [0.2, 0.25) is 0 Å². The first kappa shape index (κ1) is 14.4. The highest BCUT2D eigenvalue weighted by Gasteiger charge is 2.16. The van der Waals surface area contributed by atoms with Crippen molar-refractivity contribution in [3.8, 4) is 0 Å². The van der Waals surface area contributed by atoms with Gasteiger partial charge in [0, 0.05) is 4.88 Å². The number of nitrogens with one attached hydrogen (secondary N) is 1. The van der Waals surface area contributed by atoms with E-state index in [1.54, 1.807) is 16.0 Å². The molecule has 0 aliphatic rings. The zero-order chi connectivity index (χ0) is 14.6. The average molecular weight is 295 g/mol. The van der Waals surface area contributed by atoms with E-state index in [0.717, 1.165) is 4.88 Å². The van der Waals surface area contributed by atoms with Gasteiger partial charge in [-0.3, -0.25) is 0 Å². The van der Waals surface area contributed by atoms with Crippen molar-refractivity contribution in [3.05, 3.63) is 28.2 Å². The van der Waals surface area contributed by atoms with Gasteiger partial charge in [0.1, 0.15) is 5.60 Å². The molecule has 0 bridgehead atoms. The van der Waals surface area contributed by atoms with Crippen LogP contribution in [0.5, 0.6) is 0 Å². The zero-order valence-electron chi connectivity index (χ0n) is 11.7. The number of hydrogen-bond acceptors (Lipinski definition) is 6. The van der Waals surface area contributed by atoms with Gasteiger partial charge in [0.15, 0.2) is 5.82 Å². The highest BCUT2D eigenvalue weighted by Crippen LogP contribution is 2.10. The van der Waals surface area contributed by atoms with Crippen LogP contribution in [0.15, 0.2) is 17.5 Å². The topological polar surface area (TPSA) is 81.9 Å². The largest absolute Gasteiger partial charge is 0.444 e. The molecule has 1 N–H and O–H groups in total. The third-order valence-corrected chi connectivity index (χ3v) is 3.14. The molecular formula is C12H17N5O2S. The van der Waals surface area contributed by atoms with E-state index in [4.69, 9.17) is 4.74 Å². The Balaban J connectivity index is 1.91. The summed E-state index contributed by atoms with van der Waals surface area (Å²) >= 11 is 1.63. The minimum atomic E-state index is -0.521. The van der Waals surface area contributed by atoms with E-state index in [1.807, 2.05) is 38.3 Å². The van der Waals surface area contributed by atoms with E-state index in [1.165, 1.54) is 0 Å². The summed E-state index contributed by atoms with van der Waals surface area (Å²) in [4.78, 5) is 12.7. The first-order chi connectivity index (χ1) is 9.44. The lowest BCUT2D eigenvalue weighted by Crippen LogP contribution is -2.32. The molecule has 0 radical (unpaired) electrons. The van der Waals surface area contributed by atoms with Crippen molar-refractivity contribution in [1.82, 2.24) is 25.5 Å². The maximum atomic E-state index is 11.6. The lowest BCUT2D eigenvalue weighted by atomic mass is 10.2. The number of alkyl carbamates (subject to hydrolysis) is 1. The first-order valence-electron chi connectivity index (χ1n) is 6.18. The molecule has 0 fully saturated rings. The quantitative estimate of drug-likeness (QED) is 0.930. The van der Waals surface area contributed by atoms with Crippen LogP contribution in [0.4, 0.5) is 4.79 Å². The van der Waals surface area contributed by atoms with Crippen LogP contribution in [0.3, 0.4) is 0 Å². The van der Waals surface area contributed by atoms with Crippen LogP contribution in [0.1, 0.15) is 31.5 Å². The molecule has 0 aromatic carbocycles. The molecule has 1 amide bonds. The maximum Gasteiger partial charge on any atom is 0.408 e. The number of ether oxygens (including phenoxy) is 1. The minimum absolute atomic E-state index is 0.229. The lowest BCUT2D eigenvalue weighted by Gasteiger charge is -2.19. The second kappa shape index (κ2) is 6.00. The number of aromatic nitrogens is 4. The van der Waals surface area contributed by atoms with Gasteiger partial charge in [-0.05, 0) is 42.6 Å². The number of carbonyl (C=O) groups is 1. The van der Waals surface area contributed by atoms with Gasteiger partial charge in [-0.25, -0.2) is 9.48 Å². The van der Waals surface area contributed by atoms with Crippen LogP contribution < -0.4 is 5.32 Å². The molecule has 0 aliphatic heterocycles. The van der Waals surface area contributed by atoms with Crippen LogP contribution in [-0.4, -0.2) is 31.9 Å². The van der Waals surface area contributed by atoms with Crippen LogP contribution in [-0.2, 0) is 17.8 Å². The van der Waals surface area contributed by atoms with Gasteiger partial charge >= 0.3 is 6.09 Å². The molecule has 0 saturated carbocycles. The van der Waals surface area contributed by atoms with E-state index < -0.39 is 11.7 Å². The molecule has 0 aliphatic carbocycles. The van der Waals surface area contributed by atoms with Crippen molar-refractivity contribution < 1.29 is 9.53 Å². The Morgan fingerprint density at radius 3 is 2.95 bits per heavy atom. The number of thiophene rings is 1. The fourth-order valence-corrected chi connectivity index (χ4v) is 2.17. The van der Waals surface area contributed by atoms with Gasteiger partial charge in [0.2, 0.25) is 0 Å². The molecule has 20 heavy (non-hydrogen) atoms. The van der Waals surface area contributed by atoms with Gasteiger partial charge in [-0.15, -0.1) is 16.4 Å². The fourth-order valence-electron chi connectivity index (χ4n) is 1.49. The molecule has 0 saturated heterocycles. The molecule has 7 nitrogen and oxygen atoms in total. The molecule has 8 heteroatoms. The first-order valence-corrected chi connectivity index (χ1v) is 7.06. The van der Waals surface area contributed by atoms with Crippen molar-refractivity contribution in [2.24, 2.45) is 0 Å². The predicted molar refractivity (Wildman–Crippen MR) is 74.3 cm³/mol. The summed E-state index contributed by atoms with van der Waals surface area (Å²) in [6.45, 7) is 6.26. The van der Waals surface area contributed by atoms with E-state index in [2.05, 4.69) is 20.8 Å². The SMILES string of the molecule is CC(C)(C)OC(=O)NCc1nnnn1Cc1cccs1. The minimum Gasteiger partial charge on any atom is -0.444 e. The van der Waals surface area contributed by atoms with Gasteiger partial charge in [0.25, 0.3) is 0 Å². The summed E-state index contributed by atoms with van der Waals surface area (Å²) in [5, 5.41) is 16.1. The third-order valence-electron chi connectivity index (χ3n) is 2.28. The molecule has 0 unspecified atom stereocenters. The van der Waals surface area contributed by atoms with E-state index >= 15 is 0 Å². The third kappa shape index (κ3) is 4.30. The normalized spacial score (nSPS) is 11.3. The highest BCUT2D eigenvalue weighted by atomic mass is 32.1. The Kier molecular flexibility index (Phi) is 4.33.